The van der Waals surface area contributed by atoms with Gasteiger partial charge in [0.05, 0.1) is 15.8 Å². The van der Waals surface area contributed by atoms with Gasteiger partial charge in [-0.3, -0.25) is 0 Å². The molecule has 3 aromatic rings. The van der Waals surface area contributed by atoms with Crippen LogP contribution in [0.5, 0.6) is 0 Å². The first-order valence-electron chi connectivity index (χ1n) is 10.1. The number of aryl methyl sites for hydroxylation is 1. The van der Waals surface area contributed by atoms with Crippen LogP contribution in [0.3, 0.4) is 0 Å². The Bertz CT molecular complexity index is 1160. The molecule has 1 unspecified atom stereocenters. The van der Waals surface area contributed by atoms with Crippen molar-refractivity contribution in [2.24, 2.45) is 5.92 Å². The summed E-state index contributed by atoms with van der Waals surface area (Å²) in [6.07, 6.45) is 1.26. The summed E-state index contributed by atoms with van der Waals surface area (Å²) in [4.78, 5) is 17.0. The number of benzene rings is 2. The lowest BCUT2D eigenvalue weighted by Gasteiger charge is -2.28. The molecule has 1 N–H and O–H groups in total. The topological polar surface area (TPSA) is 59.4 Å². The Labute approximate surface area is 180 Å². The Hall–Kier alpha value is -2.68. The molecular weight excluding hydrogens is 394 g/mol. The van der Waals surface area contributed by atoms with Crippen molar-refractivity contribution in [3.8, 4) is 23.0 Å². The Morgan fingerprint density at radius 3 is 2.57 bits per heavy atom. The van der Waals surface area contributed by atoms with Crippen molar-refractivity contribution in [1.29, 1.82) is 0 Å². The Morgan fingerprint density at radius 2 is 1.97 bits per heavy atom. The normalized spacial score (nSPS) is 14.9. The third kappa shape index (κ3) is 4.40. The van der Waals surface area contributed by atoms with Crippen LogP contribution < -0.4 is 0 Å². The molecule has 1 saturated carbocycles. The van der Waals surface area contributed by atoms with Crippen molar-refractivity contribution in [2.75, 3.05) is 0 Å². The molecule has 1 fully saturated rings. The van der Waals surface area contributed by atoms with Crippen molar-refractivity contribution >= 4 is 27.5 Å². The molecule has 4 nitrogen and oxygen atoms in total. The summed E-state index contributed by atoms with van der Waals surface area (Å²) in [6, 6.07) is 11.8. The zero-order valence-corrected chi connectivity index (χ0v) is 18.5. The van der Waals surface area contributed by atoms with Crippen LogP contribution in [0, 0.1) is 24.7 Å². The van der Waals surface area contributed by atoms with Crippen molar-refractivity contribution < 1.29 is 14.6 Å². The minimum absolute atomic E-state index is 0.500. The first-order valence-corrected chi connectivity index (χ1v) is 11.0. The summed E-state index contributed by atoms with van der Waals surface area (Å²) in [5.41, 5.74) is 3.61. The van der Waals surface area contributed by atoms with Crippen LogP contribution in [-0.4, -0.2) is 21.7 Å². The van der Waals surface area contributed by atoms with E-state index in [-0.39, 0.29) is 0 Å². The molecule has 0 spiro atoms. The lowest BCUT2D eigenvalue weighted by Crippen LogP contribution is -2.28. The molecule has 154 valence electrons. The van der Waals surface area contributed by atoms with Gasteiger partial charge in [0.15, 0.2) is 11.1 Å². The minimum atomic E-state index is -1.08. The van der Waals surface area contributed by atoms with Gasteiger partial charge in [0.1, 0.15) is 0 Å². The number of hydrogen-bond acceptors (Lipinski definition) is 4. The lowest BCUT2D eigenvalue weighted by atomic mass is 9.91. The van der Waals surface area contributed by atoms with Crippen molar-refractivity contribution in [1.82, 2.24) is 4.98 Å². The second-order valence-corrected chi connectivity index (χ2v) is 9.71. The highest BCUT2D eigenvalue weighted by molar-refractivity contribution is 7.19. The van der Waals surface area contributed by atoms with E-state index >= 15 is 0 Å². The van der Waals surface area contributed by atoms with E-state index in [1.54, 1.807) is 0 Å². The molecule has 30 heavy (non-hydrogen) atoms. The number of rotatable bonds is 4. The number of carboxylic acids is 1. The maximum absolute atomic E-state index is 12.3. The van der Waals surface area contributed by atoms with Crippen LogP contribution in [0.4, 0.5) is 0 Å². The molecule has 1 aliphatic carbocycles. The quantitative estimate of drug-likeness (QED) is 0.529. The van der Waals surface area contributed by atoms with Gasteiger partial charge in [-0.05, 0) is 63.7 Å². The summed E-state index contributed by atoms with van der Waals surface area (Å²) in [6.45, 7) is 7.55. The summed E-state index contributed by atoms with van der Waals surface area (Å²) >= 11 is 1.53. The average Bonchev–Trinajstić information content (AvgIpc) is 3.42. The van der Waals surface area contributed by atoms with Crippen molar-refractivity contribution in [2.45, 2.75) is 52.2 Å². The summed E-state index contributed by atoms with van der Waals surface area (Å²) in [7, 11) is 0. The molecule has 1 aromatic heterocycles. The van der Waals surface area contributed by atoms with E-state index in [2.05, 4.69) is 11.8 Å². The predicted octanol–water partition coefficient (Wildman–Crippen LogP) is 5.97. The molecule has 1 atom stereocenters. The molecule has 1 heterocycles. The fraction of sp³-hybridized carbons (Fsp3) is 0.360. The van der Waals surface area contributed by atoms with Gasteiger partial charge in [-0.2, -0.15) is 0 Å². The number of ether oxygens (including phenoxy) is 1. The SMILES string of the molecule is Cc1cc2nc(C#CC3CC3)sc2c(-c2ccccc2)c1C(OC(C)(C)C)C(=O)O. The standard InChI is InChI=1S/C25H25NO3S/c1-15-14-18-23(30-19(26-18)13-12-16-10-11-16)21(17-8-6-5-7-9-17)20(15)22(24(27)28)29-25(2,3)4/h5-9,14,16,22H,10-11H2,1-4H3,(H,27,28). The molecule has 4 rings (SSSR count). The van der Waals surface area contributed by atoms with Crippen LogP contribution in [0.1, 0.15) is 55.9 Å². The third-order valence-electron chi connectivity index (χ3n) is 4.91. The first kappa shape index (κ1) is 20.6. The van der Waals surface area contributed by atoms with Crippen LogP contribution in [0.2, 0.25) is 0 Å². The lowest BCUT2D eigenvalue weighted by molar-refractivity contribution is -0.160. The smallest absolute Gasteiger partial charge is 0.337 e. The molecule has 0 bridgehead atoms. The Morgan fingerprint density at radius 1 is 1.27 bits per heavy atom. The maximum atomic E-state index is 12.3. The number of aromatic nitrogens is 1. The number of fused-ring (bicyclic) bond motifs is 1. The third-order valence-corrected chi connectivity index (χ3v) is 5.91. The fourth-order valence-electron chi connectivity index (χ4n) is 3.47. The highest BCUT2D eigenvalue weighted by Crippen LogP contribution is 2.42. The predicted molar refractivity (Wildman–Crippen MR) is 121 cm³/mol. The van der Waals surface area contributed by atoms with Gasteiger partial charge in [-0.25, -0.2) is 9.78 Å². The molecule has 1 aliphatic rings. The summed E-state index contributed by atoms with van der Waals surface area (Å²) in [5.74, 6) is 5.99. The zero-order valence-electron chi connectivity index (χ0n) is 17.7. The molecule has 0 aliphatic heterocycles. The zero-order chi connectivity index (χ0) is 21.5. The highest BCUT2D eigenvalue weighted by Gasteiger charge is 2.32. The van der Waals surface area contributed by atoms with E-state index < -0.39 is 17.7 Å². The minimum Gasteiger partial charge on any atom is -0.479 e. The number of carboxylic acid groups (broad SMARTS) is 1. The van der Waals surface area contributed by atoms with Gasteiger partial charge in [0, 0.05) is 17.0 Å². The van der Waals surface area contributed by atoms with Crippen molar-refractivity contribution in [3.63, 3.8) is 0 Å². The molecule has 5 heteroatoms. The molecular formula is C25H25NO3S. The Balaban J connectivity index is 1.97. The van der Waals surface area contributed by atoms with Gasteiger partial charge >= 0.3 is 5.97 Å². The molecule has 2 aromatic carbocycles. The van der Waals surface area contributed by atoms with E-state index in [1.165, 1.54) is 24.2 Å². The molecule has 0 radical (unpaired) electrons. The summed E-state index contributed by atoms with van der Waals surface area (Å²) < 4.78 is 6.98. The van der Waals surface area contributed by atoms with E-state index in [1.807, 2.05) is 64.1 Å². The van der Waals surface area contributed by atoms with E-state index in [4.69, 9.17) is 9.72 Å². The van der Waals surface area contributed by atoms with Crippen LogP contribution >= 0.6 is 11.3 Å². The van der Waals surface area contributed by atoms with Gasteiger partial charge in [-0.1, -0.05) is 36.3 Å². The monoisotopic (exact) mass is 419 g/mol. The second kappa shape index (κ2) is 7.86. The number of thiazole rings is 1. The number of carbonyl (C=O) groups is 1. The average molecular weight is 420 g/mol. The van der Waals surface area contributed by atoms with Crippen LogP contribution in [0.25, 0.3) is 21.3 Å². The Kier molecular flexibility index (Phi) is 5.40. The second-order valence-electron chi connectivity index (χ2n) is 8.71. The van der Waals surface area contributed by atoms with Gasteiger partial charge in [0.2, 0.25) is 0 Å². The van der Waals surface area contributed by atoms with Crippen LogP contribution in [0.15, 0.2) is 36.4 Å². The van der Waals surface area contributed by atoms with Gasteiger partial charge in [0.25, 0.3) is 0 Å². The van der Waals surface area contributed by atoms with E-state index in [0.29, 0.717) is 11.5 Å². The number of hydrogen-bond donors (Lipinski definition) is 1. The van der Waals surface area contributed by atoms with Gasteiger partial charge in [-0.15, -0.1) is 11.3 Å². The largest absolute Gasteiger partial charge is 0.479 e. The summed E-state index contributed by atoms with van der Waals surface area (Å²) in [5, 5.41) is 10.8. The van der Waals surface area contributed by atoms with Crippen molar-refractivity contribution in [3.05, 3.63) is 52.5 Å². The molecule has 0 saturated heterocycles. The fourth-order valence-corrected chi connectivity index (χ4v) is 4.46. The number of nitrogens with zero attached hydrogens (tertiary/aromatic N) is 1. The molecule has 0 amide bonds. The number of aliphatic carboxylic acids is 1. The first-order chi connectivity index (χ1) is 14.2. The van der Waals surface area contributed by atoms with Crippen LogP contribution in [-0.2, 0) is 9.53 Å². The maximum Gasteiger partial charge on any atom is 0.337 e. The van der Waals surface area contributed by atoms with Gasteiger partial charge < -0.3 is 9.84 Å². The highest BCUT2D eigenvalue weighted by atomic mass is 32.1. The van der Waals surface area contributed by atoms with E-state index in [0.717, 1.165) is 31.9 Å². The van der Waals surface area contributed by atoms with E-state index in [9.17, 15) is 9.90 Å².